The number of carbonyl (C=O) groups excluding carboxylic acids is 3. The highest BCUT2D eigenvalue weighted by atomic mass is 35.5. The number of thioether (sulfide) groups is 1. The molecule has 1 aliphatic heterocycles. The van der Waals surface area contributed by atoms with Crippen LogP contribution in [0.15, 0.2) is 40.8 Å². The van der Waals surface area contributed by atoms with Gasteiger partial charge < -0.3 is 0 Å². The van der Waals surface area contributed by atoms with Crippen molar-refractivity contribution in [1.29, 1.82) is 0 Å². The van der Waals surface area contributed by atoms with Crippen molar-refractivity contribution in [3.8, 4) is 0 Å². The number of nitrogens with zero attached hydrogens (tertiary/aromatic N) is 3. The minimum absolute atomic E-state index is 0.132. The fourth-order valence-electron chi connectivity index (χ4n) is 4.47. The van der Waals surface area contributed by atoms with Gasteiger partial charge in [0.1, 0.15) is 6.54 Å². The van der Waals surface area contributed by atoms with E-state index in [2.05, 4.69) is 15.5 Å². The lowest BCUT2D eigenvalue weighted by atomic mass is 9.85. The van der Waals surface area contributed by atoms with Gasteiger partial charge in [-0.25, -0.2) is 0 Å². The summed E-state index contributed by atoms with van der Waals surface area (Å²) in [5.41, 5.74) is 1.10. The molecule has 3 aliphatic rings. The molecule has 1 saturated carbocycles. The highest BCUT2D eigenvalue weighted by Crippen LogP contribution is 2.52. The van der Waals surface area contributed by atoms with Crippen molar-refractivity contribution in [2.75, 3.05) is 11.9 Å². The largest absolute Gasteiger partial charge is 0.299 e. The van der Waals surface area contributed by atoms with Crippen LogP contribution in [-0.4, -0.2) is 39.4 Å². The van der Waals surface area contributed by atoms with Crippen molar-refractivity contribution in [2.24, 2.45) is 23.7 Å². The molecular formula is C20H17ClN4O3S2. The van der Waals surface area contributed by atoms with Crippen LogP contribution in [0.4, 0.5) is 5.13 Å². The third-order valence-corrected chi connectivity index (χ3v) is 8.09. The molecule has 2 aliphatic carbocycles. The summed E-state index contributed by atoms with van der Waals surface area (Å²) < 4.78 is 0.714. The molecule has 0 radical (unpaired) electrons. The van der Waals surface area contributed by atoms with Gasteiger partial charge in [-0.15, -0.1) is 10.2 Å². The van der Waals surface area contributed by atoms with Crippen molar-refractivity contribution in [2.45, 2.75) is 16.5 Å². The fourth-order valence-corrected chi connectivity index (χ4v) is 6.32. The van der Waals surface area contributed by atoms with Crippen molar-refractivity contribution in [1.82, 2.24) is 15.1 Å². The lowest BCUT2D eigenvalue weighted by Crippen LogP contribution is -2.39. The lowest BCUT2D eigenvalue weighted by molar-refractivity contribution is -0.143. The highest BCUT2D eigenvalue weighted by Gasteiger charge is 2.59. The number of anilines is 1. The molecule has 1 aromatic heterocycles. The van der Waals surface area contributed by atoms with E-state index in [9.17, 15) is 14.4 Å². The van der Waals surface area contributed by atoms with Gasteiger partial charge in [-0.3, -0.25) is 24.6 Å². The van der Waals surface area contributed by atoms with Crippen molar-refractivity contribution in [3.05, 3.63) is 47.0 Å². The fraction of sp³-hybridized carbons (Fsp3) is 0.350. The summed E-state index contributed by atoms with van der Waals surface area (Å²) in [5.74, 6) is -0.518. The van der Waals surface area contributed by atoms with Gasteiger partial charge in [0.15, 0.2) is 4.34 Å². The molecule has 1 saturated heterocycles. The van der Waals surface area contributed by atoms with E-state index >= 15 is 0 Å². The Morgan fingerprint density at radius 3 is 2.47 bits per heavy atom. The van der Waals surface area contributed by atoms with E-state index in [1.807, 2.05) is 36.4 Å². The first-order chi connectivity index (χ1) is 14.5. The van der Waals surface area contributed by atoms with Crippen LogP contribution >= 0.6 is 34.7 Å². The van der Waals surface area contributed by atoms with Gasteiger partial charge in [0.25, 0.3) is 0 Å². The molecule has 30 heavy (non-hydrogen) atoms. The maximum atomic E-state index is 12.7. The Hall–Kier alpha value is -2.23. The number of imide groups is 1. The molecule has 4 atom stereocenters. The van der Waals surface area contributed by atoms with Crippen LogP contribution in [0.25, 0.3) is 0 Å². The van der Waals surface area contributed by atoms with E-state index < -0.39 is 5.91 Å². The Balaban J connectivity index is 1.16. The number of hydrogen-bond donors (Lipinski definition) is 1. The SMILES string of the molecule is O=C(CN1C(=O)[C@@H]2[C@H](C1=O)[C@H]1C=C[C@H]2C1)Nc1nnc(SCc2ccc(Cl)cc2)s1. The van der Waals surface area contributed by atoms with E-state index in [-0.39, 0.29) is 42.0 Å². The van der Waals surface area contributed by atoms with Crippen LogP contribution in [0.1, 0.15) is 12.0 Å². The van der Waals surface area contributed by atoms with Crippen LogP contribution in [0.3, 0.4) is 0 Å². The van der Waals surface area contributed by atoms with E-state index in [1.54, 1.807) is 0 Å². The number of halogens is 1. The van der Waals surface area contributed by atoms with Crippen LogP contribution in [0.2, 0.25) is 5.02 Å². The van der Waals surface area contributed by atoms with Gasteiger partial charge in [0.2, 0.25) is 22.9 Å². The molecule has 7 nitrogen and oxygen atoms in total. The number of rotatable bonds is 6. The summed E-state index contributed by atoms with van der Waals surface area (Å²) in [4.78, 5) is 38.9. The van der Waals surface area contributed by atoms with Gasteiger partial charge in [-0.1, -0.05) is 59.0 Å². The first-order valence-electron chi connectivity index (χ1n) is 9.54. The average Bonchev–Trinajstić information content (AvgIpc) is 3.49. The molecule has 1 N–H and O–H groups in total. The zero-order valence-corrected chi connectivity index (χ0v) is 18.0. The minimum Gasteiger partial charge on any atom is -0.299 e. The lowest BCUT2D eigenvalue weighted by Gasteiger charge is -2.16. The Morgan fingerprint density at radius 1 is 1.13 bits per heavy atom. The van der Waals surface area contributed by atoms with E-state index in [4.69, 9.17) is 11.6 Å². The van der Waals surface area contributed by atoms with Crippen molar-refractivity contribution in [3.63, 3.8) is 0 Å². The first-order valence-corrected chi connectivity index (χ1v) is 11.7. The number of carbonyl (C=O) groups is 3. The van der Waals surface area contributed by atoms with E-state index in [0.717, 1.165) is 16.9 Å². The molecule has 0 spiro atoms. The van der Waals surface area contributed by atoms with Gasteiger partial charge in [0.05, 0.1) is 11.8 Å². The predicted octanol–water partition coefficient (Wildman–Crippen LogP) is 3.23. The molecule has 2 bridgehead atoms. The number of nitrogens with one attached hydrogen (secondary N) is 1. The van der Waals surface area contributed by atoms with Crippen molar-refractivity contribution < 1.29 is 14.4 Å². The number of aromatic nitrogens is 2. The van der Waals surface area contributed by atoms with Crippen LogP contribution in [-0.2, 0) is 20.1 Å². The second kappa shape index (κ2) is 7.79. The highest BCUT2D eigenvalue weighted by molar-refractivity contribution is 8.00. The number of benzene rings is 1. The normalized spacial score (nSPS) is 26.5. The summed E-state index contributed by atoms with van der Waals surface area (Å²) >= 11 is 8.65. The first kappa shape index (κ1) is 19.7. The van der Waals surface area contributed by atoms with E-state index in [1.165, 1.54) is 23.1 Å². The number of likely N-dealkylation sites (tertiary alicyclic amines) is 1. The Bertz CT molecular complexity index is 1020. The topological polar surface area (TPSA) is 92.3 Å². The van der Waals surface area contributed by atoms with Crippen molar-refractivity contribution >= 4 is 57.6 Å². The third-order valence-electron chi connectivity index (χ3n) is 5.79. The molecule has 3 amide bonds. The molecule has 1 aromatic carbocycles. The monoisotopic (exact) mass is 460 g/mol. The molecule has 10 heteroatoms. The maximum absolute atomic E-state index is 12.7. The molecule has 2 aromatic rings. The summed E-state index contributed by atoms with van der Waals surface area (Å²) in [6.07, 6.45) is 4.93. The van der Waals surface area contributed by atoms with Crippen LogP contribution in [0.5, 0.6) is 0 Å². The molecule has 2 fully saturated rings. The Labute approximate surface area is 185 Å². The molecule has 2 heterocycles. The van der Waals surface area contributed by atoms with Gasteiger partial charge >= 0.3 is 0 Å². The second-order valence-electron chi connectivity index (χ2n) is 7.60. The number of hydrogen-bond acceptors (Lipinski definition) is 7. The number of fused-ring (bicyclic) bond motifs is 5. The summed E-state index contributed by atoms with van der Waals surface area (Å²) in [7, 11) is 0. The minimum atomic E-state index is -0.442. The average molecular weight is 461 g/mol. The summed E-state index contributed by atoms with van der Waals surface area (Å²) in [6, 6.07) is 7.56. The zero-order valence-electron chi connectivity index (χ0n) is 15.7. The number of amides is 3. The van der Waals surface area contributed by atoms with Gasteiger partial charge in [-0.2, -0.15) is 0 Å². The molecule has 5 rings (SSSR count). The van der Waals surface area contributed by atoms with E-state index in [0.29, 0.717) is 20.2 Å². The third kappa shape index (κ3) is 3.55. The summed E-state index contributed by atoms with van der Waals surface area (Å²) in [5, 5.41) is 11.7. The Morgan fingerprint density at radius 2 is 1.80 bits per heavy atom. The number of allylic oxidation sites excluding steroid dienone is 2. The van der Waals surface area contributed by atoms with Crippen LogP contribution < -0.4 is 5.32 Å². The second-order valence-corrected chi connectivity index (χ2v) is 10.2. The zero-order chi connectivity index (χ0) is 20.8. The summed E-state index contributed by atoms with van der Waals surface area (Å²) in [6.45, 7) is -0.281. The standard InChI is InChI=1S/C20H17ClN4O3S2/c21-13-5-1-10(2-6-13)9-29-20-24-23-19(30-20)22-14(26)8-25-17(27)15-11-3-4-12(7-11)16(15)18(25)28/h1-6,11-12,15-16H,7-9H2,(H,22,23,26)/t11-,12-,15-,16+/m0/s1. The van der Waals surface area contributed by atoms with Gasteiger partial charge in [-0.05, 0) is 36.0 Å². The molecule has 154 valence electrons. The molecular weight excluding hydrogens is 444 g/mol. The van der Waals surface area contributed by atoms with Crippen LogP contribution in [0, 0.1) is 23.7 Å². The maximum Gasteiger partial charge on any atom is 0.246 e. The predicted molar refractivity (Wildman–Crippen MR) is 114 cm³/mol. The Kier molecular flexibility index (Phi) is 5.12. The molecule has 0 unspecified atom stereocenters. The quantitative estimate of drug-likeness (QED) is 0.308. The van der Waals surface area contributed by atoms with Gasteiger partial charge in [0, 0.05) is 10.8 Å². The smallest absolute Gasteiger partial charge is 0.246 e.